The highest BCUT2D eigenvalue weighted by Gasteiger charge is 2.17. The van der Waals surface area contributed by atoms with E-state index in [1.165, 1.54) is 17.0 Å². The summed E-state index contributed by atoms with van der Waals surface area (Å²) >= 11 is 3.32. The molecule has 0 saturated carbocycles. The predicted molar refractivity (Wildman–Crippen MR) is 97.6 cm³/mol. The maximum atomic E-state index is 13.3. The molecule has 0 radical (unpaired) electrons. The van der Waals surface area contributed by atoms with E-state index in [2.05, 4.69) is 35.1 Å². The number of aromatic nitrogens is 2. The molecule has 0 bridgehead atoms. The molecule has 2 aromatic carbocycles. The molecule has 5 heteroatoms. The lowest BCUT2D eigenvalue weighted by molar-refractivity contribution is 0.628. The average molecular weight is 344 g/mol. The molecule has 2 nitrogen and oxygen atoms in total. The Morgan fingerprint density at radius 3 is 2.04 bits per heavy atom. The van der Waals surface area contributed by atoms with Crippen LogP contribution in [0.2, 0.25) is 0 Å². The third kappa shape index (κ3) is 3.16. The predicted octanol–water partition coefficient (Wildman–Crippen LogP) is 5.34. The second kappa shape index (κ2) is 6.81. The molecule has 0 fully saturated rings. The molecule has 118 valence electrons. The minimum atomic E-state index is -0.230. The monoisotopic (exact) mass is 344 g/mol. The van der Waals surface area contributed by atoms with Crippen molar-refractivity contribution in [3.8, 4) is 22.5 Å². The molecule has 23 heavy (non-hydrogen) atoms. The van der Waals surface area contributed by atoms with E-state index in [4.69, 9.17) is 4.98 Å². The van der Waals surface area contributed by atoms with Gasteiger partial charge in [-0.05, 0) is 48.9 Å². The fraction of sp³-hybridized carbons (Fsp3) is 0.167. The highest BCUT2D eigenvalue weighted by Crippen LogP contribution is 2.35. The van der Waals surface area contributed by atoms with Gasteiger partial charge in [0.05, 0.1) is 11.4 Å². The minimum absolute atomic E-state index is 0.230. The first kappa shape index (κ1) is 16.1. The Morgan fingerprint density at radius 1 is 0.870 bits per heavy atom. The van der Waals surface area contributed by atoms with Gasteiger partial charge < -0.3 is 4.57 Å². The highest BCUT2D eigenvalue weighted by molar-refractivity contribution is 7.98. The Balaban J connectivity index is 2.17. The van der Waals surface area contributed by atoms with Crippen molar-refractivity contribution in [3.05, 3.63) is 54.3 Å². The Morgan fingerprint density at radius 2 is 1.48 bits per heavy atom. The van der Waals surface area contributed by atoms with E-state index in [1.807, 2.05) is 13.3 Å². The van der Waals surface area contributed by atoms with Gasteiger partial charge in [-0.15, -0.1) is 11.8 Å². The van der Waals surface area contributed by atoms with Crippen molar-refractivity contribution in [3.63, 3.8) is 0 Å². The van der Waals surface area contributed by atoms with Crippen molar-refractivity contribution in [2.75, 3.05) is 12.5 Å². The second-order valence-corrected chi connectivity index (χ2v) is 6.74. The minimum Gasteiger partial charge on any atom is -0.322 e. The van der Waals surface area contributed by atoms with Gasteiger partial charge in [-0.3, -0.25) is 0 Å². The average Bonchev–Trinajstić information content (AvgIpc) is 2.92. The third-order valence-electron chi connectivity index (χ3n) is 3.72. The standard InChI is InChI=1S/C18H17FN2S2/c1-21-17(13-4-8-14(19)9-5-13)16(20-18(21)23-3)12-6-10-15(22-2)11-7-12/h4-11H,1-3H3. The van der Waals surface area contributed by atoms with Gasteiger partial charge in [0.15, 0.2) is 5.16 Å². The summed E-state index contributed by atoms with van der Waals surface area (Å²) in [5.74, 6) is -0.230. The molecular weight excluding hydrogens is 327 g/mol. The van der Waals surface area contributed by atoms with Crippen LogP contribution in [0.4, 0.5) is 4.39 Å². The molecule has 0 spiro atoms. The van der Waals surface area contributed by atoms with Crippen molar-refractivity contribution in [1.82, 2.24) is 9.55 Å². The van der Waals surface area contributed by atoms with Gasteiger partial charge in [0, 0.05) is 23.1 Å². The molecular formula is C18H17FN2S2. The lowest BCUT2D eigenvalue weighted by Crippen LogP contribution is -1.94. The number of hydrogen-bond donors (Lipinski definition) is 0. The fourth-order valence-electron chi connectivity index (χ4n) is 2.55. The van der Waals surface area contributed by atoms with Crippen LogP contribution in [0.5, 0.6) is 0 Å². The van der Waals surface area contributed by atoms with Crippen molar-refractivity contribution < 1.29 is 4.39 Å². The van der Waals surface area contributed by atoms with Crippen LogP contribution in [0.15, 0.2) is 58.6 Å². The van der Waals surface area contributed by atoms with Crippen LogP contribution in [0, 0.1) is 5.82 Å². The van der Waals surface area contributed by atoms with Crippen LogP contribution in [0.1, 0.15) is 0 Å². The first-order valence-corrected chi connectivity index (χ1v) is 9.60. The summed E-state index contributed by atoms with van der Waals surface area (Å²) in [6.07, 6.45) is 4.07. The van der Waals surface area contributed by atoms with Crippen molar-refractivity contribution in [1.29, 1.82) is 0 Å². The molecule has 3 rings (SSSR count). The van der Waals surface area contributed by atoms with E-state index < -0.39 is 0 Å². The van der Waals surface area contributed by atoms with Crippen molar-refractivity contribution in [2.45, 2.75) is 10.1 Å². The summed E-state index contributed by atoms with van der Waals surface area (Å²) < 4.78 is 15.3. The van der Waals surface area contributed by atoms with E-state index in [-0.39, 0.29) is 5.82 Å². The molecule has 0 saturated heterocycles. The van der Waals surface area contributed by atoms with E-state index >= 15 is 0 Å². The van der Waals surface area contributed by atoms with E-state index in [1.54, 1.807) is 35.7 Å². The number of rotatable bonds is 4. The number of thioether (sulfide) groups is 2. The fourth-order valence-corrected chi connectivity index (χ4v) is 3.50. The zero-order chi connectivity index (χ0) is 16.4. The Hall–Kier alpha value is -1.72. The maximum Gasteiger partial charge on any atom is 0.168 e. The Kier molecular flexibility index (Phi) is 4.78. The topological polar surface area (TPSA) is 17.8 Å². The van der Waals surface area contributed by atoms with Gasteiger partial charge in [-0.2, -0.15) is 0 Å². The van der Waals surface area contributed by atoms with E-state index in [0.29, 0.717) is 0 Å². The molecule has 0 N–H and O–H groups in total. The van der Waals surface area contributed by atoms with Crippen LogP contribution >= 0.6 is 23.5 Å². The third-order valence-corrected chi connectivity index (χ3v) is 5.19. The van der Waals surface area contributed by atoms with Crippen molar-refractivity contribution in [2.24, 2.45) is 7.05 Å². The van der Waals surface area contributed by atoms with Gasteiger partial charge in [-0.25, -0.2) is 9.37 Å². The van der Waals surface area contributed by atoms with Gasteiger partial charge in [-0.1, -0.05) is 23.9 Å². The summed E-state index contributed by atoms with van der Waals surface area (Å²) in [6, 6.07) is 15.0. The molecule has 0 aliphatic rings. The largest absolute Gasteiger partial charge is 0.322 e. The first-order valence-electron chi connectivity index (χ1n) is 7.15. The maximum absolute atomic E-state index is 13.3. The molecule has 0 amide bonds. The molecule has 0 aliphatic carbocycles. The van der Waals surface area contributed by atoms with E-state index in [9.17, 15) is 4.39 Å². The summed E-state index contributed by atoms with van der Waals surface area (Å²) in [4.78, 5) is 6.00. The summed E-state index contributed by atoms with van der Waals surface area (Å²) in [5.41, 5.74) is 3.96. The van der Waals surface area contributed by atoms with Crippen LogP contribution in [0.3, 0.4) is 0 Å². The quantitative estimate of drug-likeness (QED) is 0.595. The van der Waals surface area contributed by atoms with Gasteiger partial charge in [0.25, 0.3) is 0 Å². The summed E-state index contributed by atoms with van der Waals surface area (Å²) in [5, 5.41) is 0.938. The Bertz CT molecular complexity index is 808. The lowest BCUT2D eigenvalue weighted by atomic mass is 10.0. The molecule has 1 aromatic heterocycles. The normalized spacial score (nSPS) is 11.0. The number of halogens is 1. The zero-order valence-electron chi connectivity index (χ0n) is 13.2. The first-order chi connectivity index (χ1) is 11.1. The Labute approximate surface area is 144 Å². The van der Waals surface area contributed by atoms with Gasteiger partial charge in [0.1, 0.15) is 5.82 Å². The van der Waals surface area contributed by atoms with E-state index in [0.717, 1.165) is 27.7 Å². The molecule has 0 aliphatic heterocycles. The highest BCUT2D eigenvalue weighted by atomic mass is 32.2. The van der Waals surface area contributed by atoms with Crippen molar-refractivity contribution >= 4 is 23.5 Å². The lowest BCUT2D eigenvalue weighted by Gasteiger charge is -2.08. The SMILES string of the molecule is CSc1ccc(-c2nc(SC)n(C)c2-c2ccc(F)cc2)cc1. The number of nitrogens with zero attached hydrogens (tertiary/aromatic N) is 2. The van der Waals surface area contributed by atoms with Gasteiger partial charge >= 0.3 is 0 Å². The summed E-state index contributed by atoms with van der Waals surface area (Å²) in [7, 11) is 2.00. The molecule has 0 unspecified atom stereocenters. The number of imidazole rings is 1. The number of benzene rings is 2. The summed E-state index contributed by atoms with van der Waals surface area (Å²) in [6.45, 7) is 0. The smallest absolute Gasteiger partial charge is 0.168 e. The zero-order valence-corrected chi connectivity index (χ0v) is 14.8. The van der Waals surface area contributed by atoms with Gasteiger partial charge in [0.2, 0.25) is 0 Å². The molecule has 0 atom stereocenters. The van der Waals surface area contributed by atoms with Crippen LogP contribution in [-0.2, 0) is 7.05 Å². The second-order valence-electron chi connectivity index (χ2n) is 5.09. The molecule has 1 heterocycles. The van der Waals surface area contributed by atoms with Crippen LogP contribution in [-0.4, -0.2) is 22.1 Å². The van der Waals surface area contributed by atoms with Crippen LogP contribution < -0.4 is 0 Å². The van der Waals surface area contributed by atoms with Crippen LogP contribution in [0.25, 0.3) is 22.5 Å². The molecule has 3 aromatic rings. The number of hydrogen-bond acceptors (Lipinski definition) is 3.